The lowest BCUT2D eigenvalue weighted by Gasteiger charge is -2.18. The molecular formula is C14H15N5S. The standard InChI is InChI=1S/C14H15N5S/c1-19(12-5-3-2-4-6-12)7-8-20-14-17-10-11(9-15)13(16)18-14/h2-6,10H,7-8H2,1H3,(H2,16,17,18). The van der Waals surface area contributed by atoms with Crippen molar-refractivity contribution in [3.63, 3.8) is 0 Å². The molecule has 2 aromatic rings. The highest BCUT2D eigenvalue weighted by atomic mass is 32.2. The van der Waals surface area contributed by atoms with Crippen LogP contribution in [0.4, 0.5) is 11.5 Å². The number of hydrogen-bond acceptors (Lipinski definition) is 6. The average Bonchev–Trinajstić information content (AvgIpc) is 2.48. The minimum Gasteiger partial charge on any atom is -0.382 e. The lowest BCUT2D eigenvalue weighted by atomic mass is 10.3. The first-order chi connectivity index (χ1) is 9.70. The number of thioether (sulfide) groups is 1. The fraction of sp³-hybridized carbons (Fsp3) is 0.214. The molecular weight excluding hydrogens is 270 g/mol. The molecule has 0 radical (unpaired) electrons. The number of aromatic nitrogens is 2. The van der Waals surface area contributed by atoms with E-state index < -0.39 is 0 Å². The smallest absolute Gasteiger partial charge is 0.189 e. The molecule has 20 heavy (non-hydrogen) atoms. The Morgan fingerprint density at radius 1 is 1.35 bits per heavy atom. The lowest BCUT2D eigenvalue weighted by Crippen LogP contribution is -2.20. The molecule has 0 bridgehead atoms. The minimum atomic E-state index is 0.237. The van der Waals surface area contributed by atoms with Gasteiger partial charge in [0.25, 0.3) is 0 Å². The van der Waals surface area contributed by atoms with Crippen LogP contribution in [0, 0.1) is 11.3 Å². The van der Waals surface area contributed by atoms with Gasteiger partial charge >= 0.3 is 0 Å². The molecule has 2 N–H and O–H groups in total. The van der Waals surface area contributed by atoms with E-state index in [1.165, 1.54) is 23.6 Å². The van der Waals surface area contributed by atoms with E-state index in [0.717, 1.165) is 12.3 Å². The maximum Gasteiger partial charge on any atom is 0.189 e. The summed E-state index contributed by atoms with van der Waals surface area (Å²) in [6.07, 6.45) is 1.46. The van der Waals surface area contributed by atoms with Crippen molar-refractivity contribution in [2.45, 2.75) is 5.16 Å². The monoisotopic (exact) mass is 285 g/mol. The highest BCUT2D eigenvalue weighted by Crippen LogP contribution is 2.17. The topological polar surface area (TPSA) is 78.8 Å². The summed E-state index contributed by atoms with van der Waals surface area (Å²) in [7, 11) is 2.05. The minimum absolute atomic E-state index is 0.237. The summed E-state index contributed by atoms with van der Waals surface area (Å²) in [5.41, 5.74) is 7.15. The quantitative estimate of drug-likeness (QED) is 0.670. The Labute approximate surface area is 122 Å². The van der Waals surface area contributed by atoms with E-state index >= 15 is 0 Å². The van der Waals surface area contributed by atoms with Crippen LogP contribution in [-0.4, -0.2) is 29.3 Å². The summed E-state index contributed by atoms with van der Waals surface area (Å²) < 4.78 is 0. The summed E-state index contributed by atoms with van der Waals surface area (Å²) in [6, 6.07) is 12.1. The zero-order valence-electron chi connectivity index (χ0n) is 11.2. The summed E-state index contributed by atoms with van der Waals surface area (Å²) in [5, 5.41) is 9.36. The van der Waals surface area contributed by atoms with Crippen LogP contribution in [-0.2, 0) is 0 Å². The number of anilines is 2. The van der Waals surface area contributed by atoms with Crippen molar-refractivity contribution in [1.82, 2.24) is 9.97 Å². The molecule has 0 amide bonds. The maximum absolute atomic E-state index is 8.76. The van der Waals surface area contributed by atoms with Crippen molar-refractivity contribution >= 4 is 23.3 Å². The largest absolute Gasteiger partial charge is 0.382 e. The summed E-state index contributed by atoms with van der Waals surface area (Å²) in [6.45, 7) is 0.873. The van der Waals surface area contributed by atoms with Gasteiger partial charge in [-0.3, -0.25) is 0 Å². The average molecular weight is 285 g/mol. The number of nitriles is 1. The molecule has 2 rings (SSSR count). The van der Waals surface area contributed by atoms with Gasteiger partial charge in [0.05, 0.1) is 6.20 Å². The molecule has 0 fully saturated rings. The molecule has 0 atom stereocenters. The molecule has 1 aromatic heterocycles. The molecule has 1 aromatic carbocycles. The number of nitrogens with zero attached hydrogens (tertiary/aromatic N) is 4. The lowest BCUT2D eigenvalue weighted by molar-refractivity contribution is 0.948. The Hall–Kier alpha value is -2.26. The molecule has 0 spiro atoms. The predicted octanol–water partition coefficient (Wildman–Crippen LogP) is 2.16. The van der Waals surface area contributed by atoms with Gasteiger partial charge in [0, 0.05) is 25.0 Å². The van der Waals surface area contributed by atoms with Gasteiger partial charge in [-0.2, -0.15) is 5.26 Å². The van der Waals surface area contributed by atoms with Crippen molar-refractivity contribution < 1.29 is 0 Å². The highest BCUT2D eigenvalue weighted by Gasteiger charge is 2.05. The van der Waals surface area contributed by atoms with E-state index in [1.807, 2.05) is 31.3 Å². The molecule has 6 heteroatoms. The number of nitrogens with two attached hydrogens (primary N) is 1. The van der Waals surface area contributed by atoms with Crippen LogP contribution >= 0.6 is 11.8 Å². The van der Waals surface area contributed by atoms with Crippen LogP contribution in [0.1, 0.15) is 5.56 Å². The van der Waals surface area contributed by atoms with Gasteiger partial charge in [0.15, 0.2) is 5.16 Å². The molecule has 102 valence electrons. The van der Waals surface area contributed by atoms with Crippen LogP contribution in [0.15, 0.2) is 41.7 Å². The van der Waals surface area contributed by atoms with Crippen LogP contribution in [0.5, 0.6) is 0 Å². The molecule has 0 aliphatic heterocycles. The van der Waals surface area contributed by atoms with Crippen LogP contribution in [0.25, 0.3) is 0 Å². The van der Waals surface area contributed by atoms with Crippen LogP contribution < -0.4 is 10.6 Å². The van der Waals surface area contributed by atoms with Gasteiger partial charge in [-0.05, 0) is 12.1 Å². The van der Waals surface area contributed by atoms with Crippen molar-refractivity contribution in [2.24, 2.45) is 0 Å². The Balaban J connectivity index is 1.87. The van der Waals surface area contributed by atoms with Gasteiger partial charge in [-0.15, -0.1) is 0 Å². The molecule has 0 aliphatic rings. The molecule has 0 saturated heterocycles. The fourth-order valence-corrected chi connectivity index (χ4v) is 2.46. The van der Waals surface area contributed by atoms with Crippen molar-refractivity contribution in [3.8, 4) is 6.07 Å². The number of hydrogen-bond donors (Lipinski definition) is 1. The number of rotatable bonds is 5. The highest BCUT2D eigenvalue weighted by molar-refractivity contribution is 7.99. The summed E-state index contributed by atoms with van der Waals surface area (Å²) >= 11 is 1.52. The van der Waals surface area contributed by atoms with E-state index in [-0.39, 0.29) is 5.82 Å². The van der Waals surface area contributed by atoms with Gasteiger partial charge in [0.2, 0.25) is 0 Å². The van der Waals surface area contributed by atoms with Crippen molar-refractivity contribution in [3.05, 3.63) is 42.1 Å². The second-order valence-corrected chi connectivity index (χ2v) is 5.23. The van der Waals surface area contributed by atoms with Gasteiger partial charge in [-0.25, -0.2) is 9.97 Å². The third kappa shape index (κ3) is 3.62. The number of benzene rings is 1. The Morgan fingerprint density at radius 3 is 2.75 bits per heavy atom. The van der Waals surface area contributed by atoms with E-state index in [9.17, 15) is 0 Å². The molecule has 1 heterocycles. The zero-order chi connectivity index (χ0) is 14.4. The van der Waals surface area contributed by atoms with Crippen LogP contribution in [0.3, 0.4) is 0 Å². The third-order valence-corrected chi connectivity index (χ3v) is 3.61. The Morgan fingerprint density at radius 2 is 2.10 bits per heavy atom. The summed E-state index contributed by atoms with van der Waals surface area (Å²) in [5.74, 6) is 1.08. The van der Waals surface area contributed by atoms with Crippen molar-refractivity contribution in [1.29, 1.82) is 5.26 Å². The number of para-hydroxylation sites is 1. The number of nitrogen functional groups attached to an aromatic ring is 1. The molecule has 5 nitrogen and oxygen atoms in total. The first kappa shape index (κ1) is 14.2. The van der Waals surface area contributed by atoms with Crippen LogP contribution in [0.2, 0.25) is 0 Å². The Kier molecular flexibility index (Phi) is 4.80. The van der Waals surface area contributed by atoms with E-state index in [1.54, 1.807) is 0 Å². The van der Waals surface area contributed by atoms with Gasteiger partial charge in [-0.1, -0.05) is 30.0 Å². The van der Waals surface area contributed by atoms with E-state index in [4.69, 9.17) is 11.0 Å². The van der Waals surface area contributed by atoms with E-state index in [0.29, 0.717) is 10.7 Å². The SMILES string of the molecule is CN(CCSc1ncc(C#N)c(N)n1)c1ccccc1. The first-order valence-electron chi connectivity index (χ1n) is 6.12. The third-order valence-electron chi connectivity index (χ3n) is 2.77. The maximum atomic E-state index is 8.76. The first-order valence-corrected chi connectivity index (χ1v) is 7.11. The predicted molar refractivity (Wildman–Crippen MR) is 81.6 cm³/mol. The second kappa shape index (κ2) is 6.78. The normalized spacial score (nSPS) is 10.0. The molecule has 0 aliphatic carbocycles. The van der Waals surface area contributed by atoms with Gasteiger partial charge in [0.1, 0.15) is 17.5 Å². The molecule has 0 unspecified atom stereocenters. The zero-order valence-corrected chi connectivity index (χ0v) is 12.0. The molecule has 0 saturated carbocycles. The van der Waals surface area contributed by atoms with Gasteiger partial charge < -0.3 is 10.6 Å². The second-order valence-electron chi connectivity index (χ2n) is 4.17. The van der Waals surface area contributed by atoms with Crippen molar-refractivity contribution in [2.75, 3.05) is 30.0 Å². The summed E-state index contributed by atoms with van der Waals surface area (Å²) in [4.78, 5) is 10.4. The fourth-order valence-electron chi connectivity index (χ4n) is 1.62. The van der Waals surface area contributed by atoms with E-state index in [2.05, 4.69) is 27.0 Å². The Bertz CT molecular complexity index is 609.